The molecule has 5 rings (SSSR count). The molecule has 150 valence electrons. The molecule has 7 nitrogen and oxygen atoms in total. The quantitative estimate of drug-likeness (QED) is 0.490. The molecule has 0 aliphatic carbocycles. The van der Waals surface area contributed by atoms with Crippen LogP contribution in [0.4, 0.5) is 0 Å². The lowest BCUT2D eigenvalue weighted by Crippen LogP contribution is -2.28. The van der Waals surface area contributed by atoms with E-state index in [0.717, 1.165) is 41.5 Å². The zero-order chi connectivity index (χ0) is 20.5. The Balaban J connectivity index is 1.39. The number of carbonyl (C=O) groups is 1. The molecule has 1 amide bonds. The summed E-state index contributed by atoms with van der Waals surface area (Å²) in [5.41, 5.74) is 1.80. The maximum absolute atomic E-state index is 12.9. The Kier molecular flexibility index (Phi) is 4.63. The molecule has 1 unspecified atom stereocenters. The van der Waals surface area contributed by atoms with E-state index < -0.39 is 0 Å². The number of rotatable bonds is 4. The Labute approximate surface area is 173 Å². The molecule has 0 spiro atoms. The predicted molar refractivity (Wildman–Crippen MR) is 114 cm³/mol. The van der Waals surface area contributed by atoms with Crippen LogP contribution < -0.4 is 4.74 Å². The average Bonchev–Trinajstić information content (AvgIpc) is 3.45. The number of hydrogen-bond acceptors (Lipinski definition) is 5. The normalized spacial score (nSPS) is 16.7. The largest absolute Gasteiger partial charge is 0.497 e. The highest BCUT2D eigenvalue weighted by atomic mass is 16.5. The van der Waals surface area contributed by atoms with Crippen molar-refractivity contribution in [1.29, 1.82) is 0 Å². The topological polar surface area (TPSA) is 72.6 Å². The summed E-state index contributed by atoms with van der Waals surface area (Å²) in [6.45, 7) is 0.739. The van der Waals surface area contributed by atoms with Crippen LogP contribution in [0.2, 0.25) is 0 Å². The van der Waals surface area contributed by atoms with Gasteiger partial charge in [0.25, 0.3) is 0 Å². The SMILES string of the molecule is COc1ccc(C2CCCN2C(=O)/C=C/c2nnc3c4ccccc4cnn23)cc1. The van der Waals surface area contributed by atoms with Crippen LogP contribution >= 0.6 is 0 Å². The number of fused-ring (bicyclic) bond motifs is 3. The molecule has 2 aromatic carbocycles. The molecule has 0 radical (unpaired) electrons. The number of aromatic nitrogens is 4. The second-order valence-electron chi connectivity index (χ2n) is 7.32. The van der Waals surface area contributed by atoms with Gasteiger partial charge in [0, 0.05) is 23.4 Å². The van der Waals surface area contributed by atoms with Crippen molar-refractivity contribution >= 4 is 28.4 Å². The molecular formula is C23H21N5O2. The summed E-state index contributed by atoms with van der Waals surface area (Å²) < 4.78 is 6.90. The van der Waals surface area contributed by atoms with Crippen LogP contribution in [0.25, 0.3) is 22.5 Å². The summed E-state index contributed by atoms with van der Waals surface area (Å²) in [4.78, 5) is 14.8. The van der Waals surface area contributed by atoms with Crippen LogP contribution in [0.1, 0.15) is 30.3 Å². The van der Waals surface area contributed by atoms with Gasteiger partial charge in [-0.25, -0.2) is 0 Å². The van der Waals surface area contributed by atoms with Crippen LogP contribution in [0.5, 0.6) is 5.75 Å². The molecule has 1 fully saturated rings. The molecule has 1 atom stereocenters. The van der Waals surface area contributed by atoms with E-state index >= 15 is 0 Å². The molecule has 1 saturated heterocycles. The Morgan fingerprint density at radius 3 is 2.80 bits per heavy atom. The number of carbonyl (C=O) groups excluding carboxylic acids is 1. The second kappa shape index (κ2) is 7.59. The lowest BCUT2D eigenvalue weighted by molar-refractivity contribution is -0.126. The zero-order valence-electron chi connectivity index (χ0n) is 16.6. The van der Waals surface area contributed by atoms with Gasteiger partial charge in [-0.2, -0.15) is 9.61 Å². The zero-order valence-corrected chi connectivity index (χ0v) is 16.6. The Hall–Kier alpha value is -3.74. The monoisotopic (exact) mass is 399 g/mol. The highest BCUT2D eigenvalue weighted by molar-refractivity contribution is 5.94. The molecule has 7 heteroatoms. The molecule has 0 bridgehead atoms. The van der Waals surface area contributed by atoms with E-state index in [1.165, 1.54) is 0 Å². The first kappa shape index (κ1) is 18.3. The van der Waals surface area contributed by atoms with Crippen molar-refractivity contribution in [3.63, 3.8) is 0 Å². The molecule has 1 aliphatic rings. The van der Waals surface area contributed by atoms with E-state index in [1.807, 2.05) is 53.4 Å². The van der Waals surface area contributed by atoms with Gasteiger partial charge in [-0.05, 0) is 36.6 Å². The number of hydrogen-bond donors (Lipinski definition) is 0. The minimum atomic E-state index is -0.0362. The Morgan fingerprint density at radius 1 is 1.13 bits per heavy atom. The molecule has 2 aromatic heterocycles. The molecule has 4 aromatic rings. The van der Waals surface area contributed by atoms with E-state index in [4.69, 9.17) is 4.74 Å². The van der Waals surface area contributed by atoms with Gasteiger partial charge in [-0.15, -0.1) is 10.2 Å². The highest BCUT2D eigenvalue weighted by Gasteiger charge is 2.28. The first-order valence-electron chi connectivity index (χ1n) is 9.96. The fourth-order valence-electron chi connectivity index (χ4n) is 4.06. The van der Waals surface area contributed by atoms with Crippen LogP contribution in [-0.2, 0) is 4.79 Å². The standard InChI is InChI=1S/C23H21N5O2/c1-30-18-10-8-16(9-11-18)20-7-4-14-27(20)22(29)13-12-21-25-26-23-19-6-3-2-5-17(19)15-24-28(21)23/h2-3,5-6,8-13,15,20H,4,7,14H2,1H3/b13-12+. The van der Waals surface area contributed by atoms with Gasteiger partial charge in [0.05, 0.1) is 19.3 Å². The summed E-state index contributed by atoms with van der Waals surface area (Å²) in [6.07, 6.45) is 6.97. The van der Waals surface area contributed by atoms with Crippen LogP contribution in [-0.4, -0.2) is 44.3 Å². The summed E-state index contributed by atoms with van der Waals surface area (Å²) in [5, 5.41) is 14.9. The van der Waals surface area contributed by atoms with Crippen LogP contribution in [0.15, 0.2) is 60.8 Å². The molecule has 0 saturated carbocycles. The van der Waals surface area contributed by atoms with Crippen molar-refractivity contribution in [2.75, 3.05) is 13.7 Å². The summed E-state index contributed by atoms with van der Waals surface area (Å²) in [5.74, 6) is 1.31. The number of amides is 1. The summed E-state index contributed by atoms with van der Waals surface area (Å²) in [6, 6.07) is 15.9. The predicted octanol–water partition coefficient (Wildman–Crippen LogP) is 3.66. The fraction of sp³-hybridized carbons (Fsp3) is 0.217. The van der Waals surface area contributed by atoms with Crippen molar-refractivity contribution in [3.8, 4) is 5.75 Å². The minimum Gasteiger partial charge on any atom is -0.497 e. The second-order valence-corrected chi connectivity index (χ2v) is 7.32. The fourth-order valence-corrected chi connectivity index (χ4v) is 4.06. The maximum Gasteiger partial charge on any atom is 0.247 e. The van der Waals surface area contributed by atoms with E-state index in [1.54, 1.807) is 30.0 Å². The number of likely N-dealkylation sites (tertiary alicyclic amines) is 1. The lowest BCUT2D eigenvalue weighted by atomic mass is 10.0. The Morgan fingerprint density at radius 2 is 1.97 bits per heavy atom. The van der Waals surface area contributed by atoms with E-state index in [0.29, 0.717) is 11.5 Å². The highest BCUT2D eigenvalue weighted by Crippen LogP contribution is 2.33. The number of benzene rings is 2. The van der Waals surface area contributed by atoms with Crippen molar-refractivity contribution in [3.05, 3.63) is 72.2 Å². The molecular weight excluding hydrogens is 378 g/mol. The first-order chi connectivity index (χ1) is 14.7. The Bertz CT molecular complexity index is 1250. The summed E-state index contributed by atoms with van der Waals surface area (Å²) >= 11 is 0. The van der Waals surface area contributed by atoms with Gasteiger partial charge >= 0.3 is 0 Å². The molecule has 30 heavy (non-hydrogen) atoms. The van der Waals surface area contributed by atoms with Crippen LogP contribution in [0.3, 0.4) is 0 Å². The number of nitrogens with zero attached hydrogens (tertiary/aromatic N) is 5. The maximum atomic E-state index is 12.9. The van der Waals surface area contributed by atoms with Crippen molar-refractivity contribution in [2.45, 2.75) is 18.9 Å². The molecule has 1 aliphatic heterocycles. The van der Waals surface area contributed by atoms with E-state index in [9.17, 15) is 4.79 Å². The molecule has 0 N–H and O–H groups in total. The van der Waals surface area contributed by atoms with Crippen molar-refractivity contribution < 1.29 is 9.53 Å². The van der Waals surface area contributed by atoms with Gasteiger partial charge in [0.1, 0.15) is 5.75 Å². The average molecular weight is 399 g/mol. The van der Waals surface area contributed by atoms with Gasteiger partial charge in [-0.3, -0.25) is 4.79 Å². The third kappa shape index (κ3) is 3.18. The van der Waals surface area contributed by atoms with Crippen LogP contribution in [0, 0.1) is 0 Å². The lowest BCUT2D eigenvalue weighted by Gasteiger charge is -2.24. The van der Waals surface area contributed by atoms with Crippen molar-refractivity contribution in [1.82, 2.24) is 24.7 Å². The minimum absolute atomic E-state index is 0.0362. The summed E-state index contributed by atoms with van der Waals surface area (Å²) in [7, 11) is 1.65. The van der Waals surface area contributed by atoms with E-state index in [-0.39, 0.29) is 11.9 Å². The first-order valence-corrected chi connectivity index (χ1v) is 9.96. The number of ether oxygens (including phenoxy) is 1. The third-order valence-corrected chi connectivity index (χ3v) is 5.59. The van der Waals surface area contributed by atoms with Gasteiger partial charge in [-0.1, -0.05) is 36.4 Å². The number of methoxy groups -OCH3 is 1. The van der Waals surface area contributed by atoms with Crippen molar-refractivity contribution in [2.24, 2.45) is 0 Å². The third-order valence-electron chi connectivity index (χ3n) is 5.59. The van der Waals surface area contributed by atoms with Gasteiger partial charge < -0.3 is 9.64 Å². The van der Waals surface area contributed by atoms with E-state index in [2.05, 4.69) is 15.3 Å². The smallest absolute Gasteiger partial charge is 0.247 e. The van der Waals surface area contributed by atoms with Gasteiger partial charge in [0.2, 0.25) is 5.91 Å². The van der Waals surface area contributed by atoms with Gasteiger partial charge in [0.15, 0.2) is 11.5 Å². The molecule has 3 heterocycles.